The number of hydrogen-bond donors (Lipinski definition) is 2. The minimum absolute atomic E-state index is 0.267. The fraction of sp³-hybridized carbons (Fsp3) is 0.500. The first-order chi connectivity index (χ1) is 9.77. The van der Waals surface area contributed by atoms with E-state index in [0.29, 0.717) is 10.6 Å². The molecule has 21 heavy (non-hydrogen) atoms. The number of ether oxygens (including phenoxy) is 1. The van der Waals surface area contributed by atoms with E-state index >= 15 is 0 Å². The van der Waals surface area contributed by atoms with Crippen LogP contribution in [0.4, 0.5) is 5.00 Å². The molecule has 1 rings (SSSR count). The van der Waals surface area contributed by atoms with E-state index in [2.05, 4.69) is 10.6 Å². The molecule has 0 aliphatic heterocycles. The lowest BCUT2D eigenvalue weighted by Crippen LogP contribution is -2.40. The van der Waals surface area contributed by atoms with Crippen molar-refractivity contribution in [2.45, 2.75) is 40.7 Å². The van der Waals surface area contributed by atoms with E-state index in [-0.39, 0.29) is 18.4 Å². The van der Waals surface area contributed by atoms with Gasteiger partial charge in [0.15, 0.2) is 0 Å². The molecule has 0 radical (unpaired) electrons. The summed E-state index contributed by atoms with van der Waals surface area (Å²) in [5.74, 6) is -1.12. The van der Waals surface area contributed by atoms with Crippen molar-refractivity contribution in [1.82, 2.24) is 5.32 Å². The van der Waals surface area contributed by atoms with Crippen LogP contribution in [0.5, 0.6) is 0 Å². The minimum atomic E-state index is -0.680. The van der Waals surface area contributed by atoms with Crippen molar-refractivity contribution in [3.05, 3.63) is 16.0 Å². The van der Waals surface area contributed by atoms with Crippen molar-refractivity contribution in [2.24, 2.45) is 0 Å². The first-order valence-electron chi connectivity index (χ1n) is 6.63. The fourth-order valence-corrected chi connectivity index (χ4v) is 2.81. The molecule has 0 spiro atoms. The van der Waals surface area contributed by atoms with Crippen LogP contribution in [0.3, 0.4) is 0 Å². The molecule has 1 heterocycles. The summed E-state index contributed by atoms with van der Waals surface area (Å²) in [5.41, 5.74) is 1.17. The standard InChI is InChI=1S/C14H20N2O4S/c1-6-20-14(19)11-7(2)9(4)21-13(11)16-12(18)8(3)15-10(5)17/h8H,6H2,1-5H3,(H,15,17)(H,16,18). The van der Waals surface area contributed by atoms with Gasteiger partial charge in [0.1, 0.15) is 11.0 Å². The van der Waals surface area contributed by atoms with E-state index in [1.807, 2.05) is 13.8 Å². The van der Waals surface area contributed by atoms with Crippen LogP contribution in [0.25, 0.3) is 0 Å². The van der Waals surface area contributed by atoms with Crippen LogP contribution in [-0.4, -0.2) is 30.4 Å². The molecule has 0 saturated carbocycles. The Morgan fingerprint density at radius 1 is 1.29 bits per heavy atom. The van der Waals surface area contributed by atoms with Crippen LogP contribution in [-0.2, 0) is 14.3 Å². The maximum absolute atomic E-state index is 12.0. The Morgan fingerprint density at radius 3 is 2.43 bits per heavy atom. The maximum Gasteiger partial charge on any atom is 0.341 e. The van der Waals surface area contributed by atoms with Crippen LogP contribution in [0.15, 0.2) is 0 Å². The molecule has 6 nitrogen and oxygen atoms in total. The van der Waals surface area contributed by atoms with Gasteiger partial charge in [0.2, 0.25) is 11.8 Å². The van der Waals surface area contributed by atoms with Crippen LogP contribution in [0, 0.1) is 13.8 Å². The van der Waals surface area contributed by atoms with Gasteiger partial charge in [-0.1, -0.05) is 0 Å². The fourth-order valence-electron chi connectivity index (χ4n) is 1.75. The molecule has 0 fully saturated rings. The summed E-state index contributed by atoms with van der Waals surface area (Å²) >= 11 is 1.31. The average Bonchev–Trinajstić information content (AvgIpc) is 2.64. The highest BCUT2D eigenvalue weighted by molar-refractivity contribution is 7.16. The largest absolute Gasteiger partial charge is 0.462 e. The predicted molar refractivity (Wildman–Crippen MR) is 81.7 cm³/mol. The molecule has 0 aliphatic carbocycles. The molecule has 2 N–H and O–H groups in total. The number of esters is 1. The number of anilines is 1. The monoisotopic (exact) mass is 312 g/mol. The highest BCUT2D eigenvalue weighted by atomic mass is 32.1. The number of aryl methyl sites for hydroxylation is 1. The Morgan fingerprint density at radius 2 is 1.90 bits per heavy atom. The second-order valence-corrected chi connectivity index (χ2v) is 5.84. The summed E-state index contributed by atoms with van der Waals surface area (Å²) in [7, 11) is 0. The van der Waals surface area contributed by atoms with Crippen molar-refractivity contribution in [1.29, 1.82) is 0 Å². The summed E-state index contributed by atoms with van der Waals surface area (Å²) in [5, 5.41) is 5.63. The summed E-state index contributed by atoms with van der Waals surface area (Å²) in [6.07, 6.45) is 0. The molecule has 0 aliphatic rings. The van der Waals surface area contributed by atoms with E-state index in [1.54, 1.807) is 13.8 Å². The highest BCUT2D eigenvalue weighted by Crippen LogP contribution is 2.33. The van der Waals surface area contributed by atoms with Gasteiger partial charge < -0.3 is 15.4 Å². The van der Waals surface area contributed by atoms with Crippen LogP contribution in [0.2, 0.25) is 0 Å². The number of carbonyl (C=O) groups excluding carboxylic acids is 3. The molecule has 0 saturated heterocycles. The Kier molecular flexibility index (Phi) is 5.90. The molecule has 116 valence electrons. The highest BCUT2D eigenvalue weighted by Gasteiger charge is 2.23. The summed E-state index contributed by atoms with van der Waals surface area (Å²) < 4.78 is 5.02. The number of hydrogen-bond acceptors (Lipinski definition) is 5. The van der Waals surface area contributed by atoms with Gasteiger partial charge in [0, 0.05) is 11.8 Å². The third kappa shape index (κ3) is 4.29. The smallest absolute Gasteiger partial charge is 0.341 e. The SMILES string of the molecule is CCOC(=O)c1c(NC(=O)C(C)NC(C)=O)sc(C)c1C. The van der Waals surface area contributed by atoms with E-state index in [0.717, 1.165) is 10.4 Å². The first kappa shape index (κ1) is 17.2. The number of rotatable bonds is 5. The number of thiophene rings is 1. The summed E-state index contributed by atoms with van der Waals surface area (Å²) in [6, 6.07) is -0.680. The van der Waals surface area contributed by atoms with E-state index in [9.17, 15) is 14.4 Å². The van der Waals surface area contributed by atoms with Gasteiger partial charge in [0.05, 0.1) is 12.2 Å². The molecular formula is C14H20N2O4S. The third-order valence-electron chi connectivity index (χ3n) is 2.91. The zero-order valence-corrected chi connectivity index (χ0v) is 13.6. The van der Waals surface area contributed by atoms with Crippen LogP contribution in [0.1, 0.15) is 41.6 Å². The van der Waals surface area contributed by atoms with Crippen LogP contribution < -0.4 is 10.6 Å². The molecule has 1 aromatic rings. The quantitative estimate of drug-likeness (QED) is 0.815. The molecule has 0 aromatic carbocycles. The molecule has 1 unspecified atom stereocenters. The lowest BCUT2D eigenvalue weighted by Gasteiger charge is -2.13. The van der Waals surface area contributed by atoms with Gasteiger partial charge >= 0.3 is 5.97 Å². The van der Waals surface area contributed by atoms with Gasteiger partial charge in [-0.15, -0.1) is 11.3 Å². The molecular weight excluding hydrogens is 292 g/mol. The van der Waals surface area contributed by atoms with Crippen molar-refractivity contribution in [3.8, 4) is 0 Å². The Balaban J connectivity index is 2.98. The van der Waals surface area contributed by atoms with E-state index in [1.165, 1.54) is 18.3 Å². The van der Waals surface area contributed by atoms with Gasteiger partial charge in [-0.3, -0.25) is 9.59 Å². The van der Waals surface area contributed by atoms with Crippen molar-refractivity contribution >= 4 is 34.1 Å². The topological polar surface area (TPSA) is 84.5 Å². The van der Waals surface area contributed by atoms with Gasteiger partial charge in [-0.25, -0.2) is 4.79 Å². The molecule has 0 bridgehead atoms. The lowest BCUT2D eigenvalue weighted by atomic mass is 10.1. The number of carbonyl (C=O) groups is 3. The maximum atomic E-state index is 12.0. The van der Waals surface area contributed by atoms with Crippen LogP contribution >= 0.6 is 11.3 Å². The van der Waals surface area contributed by atoms with Crippen molar-refractivity contribution < 1.29 is 19.1 Å². The third-order valence-corrected chi connectivity index (χ3v) is 4.04. The molecule has 2 amide bonds. The van der Waals surface area contributed by atoms with E-state index < -0.39 is 12.0 Å². The van der Waals surface area contributed by atoms with Gasteiger partial charge in [-0.2, -0.15) is 0 Å². The molecule has 1 atom stereocenters. The second-order valence-electron chi connectivity index (χ2n) is 4.62. The van der Waals surface area contributed by atoms with Crippen molar-refractivity contribution in [2.75, 3.05) is 11.9 Å². The predicted octanol–water partition coefficient (Wildman–Crippen LogP) is 2.00. The first-order valence-corrected chi connectivity index (χ1v) is 7.44. The van der Waals surface area contributed by atoms with E-state index in [4.69, 9.17) is 4.74 Å². The second kappa shape index (κ2) is 7.21. The number of nitrogens with one attached hydrogen (secondary N) is 2. The molecule has 1 aromatic heterocycles. The summed E-state index contributed by atoms with van der Waals surface area (Å²) in [6.45, 7) is 8.59. The molecule has 7 heteroatoms. The Labute approximate surface area is 127 Å². The Hall–Kier alpha value is -1.89. The minimum Gasteiger partial charge on any atom is -0.462 e. The van der Waals surface area contributed by atoms with Gasteiger partial charge in [0.25, 0.3) is 0 Å². The van der Waals surface area contributed by atoms with Crippen molar-refractivity contribution in [3.63, 3.8) is 0 Å². The lowest BCUT2D eigenvalue weighted by molar-refractivity contribution is -0.124. The summed E-state index contributed by atoms with van der Waals surface area (Å²) in [4.78, 5) is 35.9. The normalized spacial score (nSPS) is 11.7. The van der Waals surface area contributed by atoms with Gasteiger partial charge in [-0.05, 0) is 33.3 Å². The Bertz CT molecular complexity index is 566. The average molecular weight is 312 g/mol. The number of amides is 2. The zero-order valence-electron chi connectivity index (χ0n) is 12.8. The zero-order chi connectivity index (χ0) is 16.2.